The first-order chi connectivity index (χ1) is 30.7. The molecule has 12 rings (SSSR count). The molecule has 0 N–H and O–H groups in total. The normalized spacial score (nSPS) is 11.5. The summed E-state index contributed by atoms with van der Waals surface area (Å²) in [7, 11) is 0. The zero-order valence-electron chi connectivity index (χ0n) is 33.5. The number of hydrogen-bond acceptors (Lipinski definition) is 4. The second-order valence-corrected chi connectivity index (χ2v) is 16.6. The topological polar surface area (TPSA) is 43.6 Å². The molecular formula is C57H36N4S. The van der Waals surface area contributed by atoms with Crippen molar-refractivity contribution in [3.63, 3.8) is 0 Å². The maximum absolute atomic E-state index is 5.39. The van der Waals surface area contributed by atoms with Crippen LogP contribution in [0.2, 0.25) is 0 Å². The van der Waals surface area contributed by atoms with Crippen molar-refractivity contribution in [1.29, 1.82) is 0 Å². The van der Waals surface area contributed by atoms with Crippen molar-refractivity contribution in [2.24, 2.45) is 0 Å². The van der Waals surface area contributed by atoms with E-state index < -0.39 is 0 Å². The van der Waals surface area contributed by atoms with Gasteiger partial charge < -0.3 is 4.57 Å². The number of nitrogens with zero attached hydrogens (tertiary/aromatic N) is 4. The maximum Gasteiger partial charge on any atom is 0.166 e. The largest absolute Gasteiger partial charge is 0.308 e. The number of benzene rings is 9. The Bertz CT molecular complexity index is 3590. The molecular weight excluding hydrogens is 773 g/mol. The van der Waals surface area contributed by atoms with Gasteiger partial charge in [-0.2, -0.15) is 0 Å². The summed E-state index contributed by atoms with van der Waals surface area (Å²) in [5.74, 6) is 1.84. The number of fused-ring (bicyclic) bond motifs is 6. The lowest BCUT2D eigenvalue weighted by Gasteiger charge is -2.17. The third-order valence-corrected chi connectivity index (χ3v) is 13.1. The van der Waals surface area contributed by atoms with Gasteiger partial charge in [-0.3, -0.25) is 0 Å². The van der Waals surface area contributed by atoms with Gasteiger partial charge in [-0.25, -0.2) is 15.0 Å². The van der Waals surface area contributed by atoms with E-state index in [2.05, 4.69) is 205 Å². The summed E-state index contributed by atoms with van der Waals surface area (Å²) in [6, 6.07) is 77.5. The molecule has 9 aromatic carbocycles. The molecule has 0 unspecified atom stereocenters. The zero-order chi connectivity index (χ0) is 41.0. The van der Waals surface area contributed by atoms with Crippen LogP contribution in [0.1, 0.15) is 0 Å². The van der Waals surface area contributed by atoms with E-state index in [1.165, 1.54) is 47.6 Å². The fourth-order valence-electron chi connectivity index (χ4n) is 8.92. The fourth-order valence-corrected chi connectivity index (χ4v) is 10.2. The number of hydrogen-bond donors (Lipinski definition) is 0. The number of thiophene rings is 1. The van der Waals surface area contributed by atoms with E-state index in [4.69, 9.17) is 15.0 Å². The van der Waals surface area contributed by atoms with Crippen LogP contribution in [0.15, 0.2) is 218 Å². The Morgan fingerprint density at radius 3 is 1.55 bits per heavy atom. The molecule has 0 saturated heterocycles. The van der Waals surface area contributed by atoms with Crippen LogP contribution >= 0.6 is 11.3 Å². The number of aromatic nitrogens is 4. The molecule has 3 heterocycles. The first kappa shape index (κ1) is 35.9. The smallest absolute Gasteiger partial charge is 0.166 e. The Labute approximate surface area is 362 Å². The molecule has 5 heteroatoms. The van der Waals surface area contributed by atoms with Gasteiger partial charge in [0, 0.05) is 47.6 Å². The third kappa shape index (κ3) is 6.18. The molecule has 290 valence electrons. The molecule has 0 fully saturated rings. The molecule has 62 heavy (non-hydrogen) atoms. The van der Waals surface area contributed by atoms with Crippen LogP contribution in [-0.4, -0.2) is 19.5 Å². The lowest BCUT2D eigenvalue weighted by molar-refractivity contribution is 1.06. The summed E-state index contributed by atoms with van der Waals surface area (Å²) >= 11 is 1.84. The highest BCUT2D eigenvalue weighted by molar-refractivity contribution is 7.26. The zero-order valence-corrected chi connectivity index (χ0v) is 34.3. The molecule has 0 aliphatic rings. The minimum absolute atomic E-state index is 0.604. The number of para-hydroxylation sites is 2. The lowest BCUT2D eigenvalue weighted by atomic mass is 9.97. The van der Waals surface area contributed by atoms with Gasteiger partial charge in [-0.15, -0.1) is 11.3 Å². The fraction of sp³-hybridized carbons (Fsp3) is 0. The van der Waals surface area contributed by atoms with E-state index >= 15 is 0 Å². The molecule has 0 saturated carbocycles. The van der Waals surface area contributed by atoms with Crippen molar-refractivity contribution in [2.45, 2.75) is 0 Å². The summed E-state index contributed by atoms with van der Waals surface area (Å²) in [6.45, 7) is 0. The Morgan fingerprint density at radius 2 is 0.806 bits per heavy atom. The highest BCUT2D eigenvalue weighted by Gasteiger charge is 2.21. The molecule has 0 aliphatic carbocycles. The second-order valence-electron chi connectivity index (χ2n) is 15.6. The van der Waals surface area contributed by atoms with E-state index in [1.54, 1.807) is 0 Å². The van der Waals surface area contributed by atoms with Crippen LogP contribution in [0.25, 0.3) is 115 Å². The van der Waals surface area contributed by atoms with E-state index in [-0.39, 0.29) is 0 Å². The Balaban J connectivity index is 1.08. The molecule has 0 spiro atoms. The van der Waals surface area contributed by atoms with E-state index in [1.807, 2.05) is 29.5 Å². The highest BCUT2D eigenvalue weighted by Crippen LogP contribution is 2.42. The molecule has 12 aromatic rings. The van der Waals surface area contributed by atoms with Crippen molar-refractivity contribution in [1.82, 2.24) is 19.5 Å². The average Bonchev–Trinajstić information content (AvgIpc) is 3.90. The van der Waals surface area contributed by atoms with Gasteiger partial charge in [0.2, 0.25) is 0 Å². The summed E-state index contributed by atoms with van der Waals surface area (Å²) in [5.41, 5.74) is 12.9. The molecule has 0 bridgehead atoms. The van der Waals surface area contributed by atoms with Crippen LogP contribution in [0, 0.1) is 0 Å². The van der Waals surface area contributed by atoms with E-state index in [0.29, 0.717) is 17.5 Å². The van der Waals surface area contributed by atoms with Crippen LogP contribution in [0.4, 0.5) is 0 Å². The van der Waals surface area contributed by atoms with Gasteiger partial charge in [0.1, 0.15) is 0 Å². The van der Waals surface area contributed by atoms with Crippen LogP contribution in [0.3, 0.4) is 0 Å². The molecule has 0 atom stereocenters. The van der Waals surface area contributed by atoms with E-state index in [0.717, 1.165) is 50.1 Å². The molecule has 4 nitrogen and oxygen atoms in total. The minimum Gasteiger partial charge on any atom is -0.308 e. The summed E-state index contributed by atoms with van der Waals surface area (Å²) in [4.78, 5) is 15.9. The van der Waals surface area contributed by atoms with Gasteiger partial charge in [0.25, 0.3) is 0 Å². The van der Waals surface area contributed by atoms with Crippen molar-refractivity contribution >= 4 is 53.3 Å². The second kappa shape index (κ2) is 14.9. The molecule has 0 aliphatic heterocycles. The van der Waals surface area contributed by atoms with Gasteiger partial charge >= 0.3 is 0 Å². The van der Waals surface area contributed by atoms with Gasteiger partial charge in [-0.05, 0) is 75.8 Å². The predicted molar refractivity (Wildman–Crippen MR) is 260 cm³/mol. The van der Waals surface area contributed by atoms with Crippen LogP contribution in [0.5, 0.6) is 0 Å². The summed E-state index contributed by atoms with van der Waals surface area (Å²) in [5, 5.41) is 4.94. The predicted octanol–water partition coefficient (Wildman–Crippen LogP) is 15.3. The molecule has 3 aromatic heterocycles. The third-order valence-electron chi connectivity index (χ3n) is 11.9. The first-order valence-corrected chi connectivity index (χ1v) is 21.7. The van der Waals surface area contributed by atoms with Gasteiger partial charge in [-0.1, -0.05) is 176 Å². The minimum atomic E-state index is 0.604. The molecule has 0 amide bonds. The Hall–Kier alpha value is -7.99. The van der Waals surface area contributed by atoms with Crippen LogP contribution < -0.4 is 0 Å². The Kier molecular flexibility index (Phi) is 8.65. The molecule has 0 radical (unpaired) electrons. The lowest BCUT2D eigenvalue weighted by Crippen LogP contribution is -2.04. The van der Waals surface area contributed by atoms with Crippen LogP contribution in [-0.2, 0) is 0 Å². The maximum atomic E-state index is 5.39. The van der Waals surface area contributed by atoms with Gasteiger partial charge in [0.05, 0.1) is 16.7 Å². The Morgan fingerprint density at radius 1 is 0.306 bits per heavy atom. The van der Waals surface area contributed by atoms with Crippen molar-refractivity contribution in [3.8, 4) is 73.2 Å². The average molecular weight is 809 g/mol. The van der Waals surface area contributed by atoms with Gasteiger partial charge in [0.15, 0.2) is 17.5 Å². The quantitative estimate of drug-likeness (QED) is 0.161. The highest BCUT2D eigenvalue weighted by atomic mass is 32.1. The van der Waals surface area contributed by atoms with Crippen molar-refractivity contribution in [2.75, 3.05) is 0 Å². The van der Waals surface area contributed by atoms with Crippen molar-refractivity contribution < 1.29 is 0 Å². The number of rotatable bonds is 7. The summed E-state index contributed by atoms with van der Waals surface area (Å²) < 4.78 is 4.94. The van der Waals surface area contributed by atoms with Crippen molar-refractivity contribution in [3.05, 3.63) is 218 Å². The SMILES string of the molecule is c1ccc(-c2cccc(-c3ccc(-c4nc(-c5ccccc5)nc(-c5cccc(-c6cccc7c6sc6ccccc67)c5)n4)c(-n4c5ccccc5c5ccccc54)c3)c2)cc1. The monoisotopic (exact) mass is 808 g/mol. The summed E-state index contributed by atoms with van der Waals surface area (Å²) in [6.07, 6.45) is 0. The standard InChI is InChI=1S/C57H36N4S/c1-3-16-37(17-4-1)39-20-13-21-40(34-39)41-32-33-49(52(36-41)61-50-29-10-7-24-45(50)46-25-8-11-30-51(46)61)57-59-55(38-18-5-2-6-19-38)58-56(60-57)43-23-14-22-42(35-43)44-27-15-28-48-47-26-9-12-31-53(47)62-54(44)48/h1-36H. The van der Waals surface area contributed by atoms with E-state index in [9.17, 15) is 0 Å². The first-order valence-electron chi connectivity index (χ1n) is 20.8.